The number of amides is 1. The van der Waals surface area contributed by atoms with Crippen molar-refractivity contribution in [3.05, 3.63) is 54.7 Å². The molecule has 0 saturated heterocycles. The van der Waals surface area contributed by atoms with Crippen LogP contribution in [0, 0.1) is 0 Å². The summed E-state index contributed by atoms with van der Waals surface area (Å²) in [6.45, 7) is 5.46. The number of pyridine rings is 1. The molecule has 3 rings (SSSR count). The summed E-state index contributed by atoms with van der Waals surface area (Å²) in [5.41, 5.74) is 5.79. The van der Waals surface area contributed by atoms with Crippen LogP contribution in [-0.2, 0) is 4.74 Å². The summed E-state index contributed by atoms with van der Waals surface area (Å²) in [6, 6.07) is 14.6. The highest BCUT2D eigenvalue weighted by molar-refractivity contribution is 6.02. The van der Waals surface area contributed by atoms with Gasteiger partial charge in [0.25, 0.3) is 0 Å². The zero-order valence-corrected chi connectivity index (χ0v) is 14.9. The number of carbonyl (C=O) groups excluding carboxylic acids is 1. The Kier molecular flexibility index (Phi) is 4.67. The SMILES string of the molecule is CC(C)(C)OC(=O)Nc1ccc(Oc2ccnc(N)c2)c2ccccc12. The molecule has 0 fully saturated rings. The number of fused-ring (bicyclic) bond motifs is 1. The molecule has 0 atom stereocenters. The zero-order chi connectivity index (χ0) is 18.7. The first-order valence-corrected chi connectivity index (χ1v) is 8.23. The third-order valence-corrected chi connectivity index (χ3v) is 3.50. The topological polar surface area (TPSA) is 86.5 Å². The number of benzene rings is 2. The average Bonchev–Trinajstić information content (AvgIpc) is 2.55. The molecule has 6 heteroatoms. The number of anilines is 2. The van der Waals surface area contributed by atoms with Crippen molar-refractivity contribution < 1.29 is 14.3 Å². The maximum Gasteiger partial charge on any atom is 0.412 e. The molecular formula is C20H21N3O3. The summed E-state index contributed by atoms with van der Waals surface area (Å²) >= 11 is 0. The fourth-order valence-corrected chi connectivity index (χ4v) is 2.50. The third-order valence-electron chi connectivity index (χ3n) is 3.50. The van der Waals surface area contributed by atoms with Gasteiger partial charge in [-0.3, -0.25) is 5.32 Å². The van der Waals surface area contributed by atoms with E-state index in [1.54, 1.807) is 30.5 Å². The van der Waals surface area contributed by atoms with Gasteiger partial charge >= 0.3 is 6.09 Å². The van der Waals surface area contributed by atoms with E-state index in [4.69, 9.17) is 15.2 Å². The van der Waals surface area contributed by atoms with Gasteiger partial charge in [0, 0.05) is 23.0 Å². The molecule has 3 N–H and O–H groups in total. The lowest BCUT2D eigenvalue weighted by Crippen LogP contribution is -2.27. The van der Waals surface area contributed by atoms with E-state index < -0.39 is 11.7 Å². The van der Waals surface area contributed by atoms with Gasteiger partial charge in [-0.15, -0.1) is 0 Å². The van der Waals surface area contributed by atoms with Gasteiger partial charge in [-0.25, -0.2) is 9.78 Å². The maximum atomic E-state index is 12.1. The normalized spacial score (nSPS) is 11.2. The van der Waals surface area contributed by atoms with Crippen LogP contribution >= 0.6 is 0 Å². The first-order chi connectivity index (χ1) is 12.3. The second kappa shape index (κ2) is 6.92. The second-order valence-electron chi connectivity index (χ2n) is 6.80. The van der Waals surface area contributed by atoms with Crippen molar-refractivity contribution in [3.63, 3.8) is 0 Å². The lowest BCUT2D eigenvalue weighted by atomic mass is 10.1. The number of hydrogen-bond donors (Lipinski definition) is 2. The monoisotopic (exact) mass is 351 g/mol. The van der Waals surface area contributed by atoms with Gasteiger partial charge in [-0.05, 0) is 39.0 Å². The predicted molar refractivity (Wildman–Crippen MR) is 103 cm³/mol. The van der Waals surface area contributed by atoms with Gasteiger partial charge in [0.1, 0.15) is 22.9 Å². The number of rotatable bonds is 3. The highest BCUT2D eigenvalue weighted by Crippen LogP contribution is 2.34. The molecule has 0 unspecified atom stereocenters. The van der Waals surface area contributed by atoms with E-state index in [1.165, 1.54) is 0 Å². The Morgan fingerprint density at radius 2 is 1.81 bits per heavy atom. The number of aromatic nitrogens is 1. The van der Waals surface area contributed by atoms with E-state index in [0.29, 0.717) is 23.0 Å². The first kappa shape index (κ1) is 17.5. The molecule has 1 amide bonds. The van der Waals surface area contributed by atoms with Crippen LogP contribution in [0.1, 0.15) is 20.8 Å². The highest BCUT2D eigenvalue weighted by atomic mass is 16.6. The van der Waals surface area contributed by atoms with Gasteiger partial charge in [-0.1, -0.05) is 24.3 Å². The predicted octanol–water partition coefficient (Wildman–Crippen LogP) is 4.96. The van der Waals surface area contributed by atoms with E-state index in [0.717, 1.165) is 10.8 Å². The maximum absolute atomic E-state index is 12.1. The van der Waals surface area contributed by atoms with Crippen molar-refractivity contribution in [2.75, 3.05) is 11.1 Å². The number of ether oxygens (including phenoxy) is 2. The third kappa shape index (κ3) is 4.22. The minimum Gasteiger partial charge on any atom is -0.457 e. The van der Waals surface area contributed by atoms with Gasteiger partial charge in [0.05, 0.1) is 5.69 Å². The van der Waals surface area contributed by atoms with Gasteiger partial charge < -0.3 is 15.2 Å². The van der Waals surface area contributed by atoms with Crippen LogP contribution in [0.15, 0.2) is 54.7 Å². The summed E-state index contributed by atoms with van der Waals surface area (Å²) < 4.78 is 11.3. The molecule has 0 aliphatic carbocycles. The molecule has 26 heavy (non-hydrogen) atoms. The Labute approximate surface area is 151 Å². The lowest BCUT2D eigenvalue weighted by Gasteiger charge is -2.20. The number of hydrogen-bond acceptors (Lipinski definition) is 5. The molecule has 1 heterocycles. The molecule has 6 nitrogen and oxygen atoms in total. The highest BCUT2D eigenvalue weighted by Gasteiger charge is 2.17. The van der Waals surface area contributed by atoms with E-state index in [2.05, 4.69) is 10.3 Å². The average molecular weight is 351 g/mol. The van der Waals surface area contributed by atoms with E-state index in [9.17, 15) is 4.79 Å². The molecule has 0 spiro atoms. The van der Waals surface area contributed by atoms with Crippen molar-refractivity contribution in [2.45, 2.75) is 26.4 Å². The van der Waals surface area contributed by atoms with Crippen LogP contribution in [0.5, 0.6) is 11.5 Å². The van der Waals surface area contributed by atoms with Crippen molar-refractivity contribution >= 4 is 28.4 Å². The van der Waals surface area contributed by atoms with E-state index in [-0.39, 0.29) is 0 Å². The first-order valence-electron chi connectivity index (χ1n) is 8.23. The fourth-order valence-electron chi connectivity index (χ4n) is 2.50. The summed E-state index contributed by atoms with van der Waals surface area (Å²) in [5, 5.41) is 4.50. The van der Waals surface area contributed by atoms with Crippen LogP contribution in [0.4, 0.5) is 16.3 Å². The molecule has 0 aliphatic rings. The van der Waals surface area contributed by atoms with Gasteiger partial charge in [-0.2, -0.15) is 0 Å². The van der Waals surface area contributed by atoms with Crippen molar-refractivity contribution in [2.24, 2.45) is 0 Å². The molecular weight excluding hydrogens is 330 g/mol. The van der Waals surface area contributed by atoms with Gasteiger partial charge in [0.2, 0.25) is 0 Å². The molecule has 0 aliphatic heterocycles. The minimum atomic E-state index is -0.565. The lowest BCUT2D eigenvalue weighted by molar-refractivity contribution is 0.0636. The summed E-state index contributed by atoms with van der Waals surface area (Å²) in [5.74, 6) is 1.63. The molecule has 3 aromatic rings. The summed E-state index contributed by atoms with van der Waals surface area (Å²) in [4.78, 5) is 16.1. The smallest absolute Gasteiger partial charge is 0.412 e. The Hall–Kier alpha value is -3.28. The number of carbonyl (C=O) groups is 1. The van der Waals surface area contributed by atoms with Crippen LogP contribution in [0.2, 0.25) is 0 Å². The summed E-state index contributed by atoms with van der Waals surface area (Å²) in [7, 11) is 0. The summed E-state index contributed by atoms with van der Waals surface area (Å²) in [6.07, 6.45) is 1.09. The molecule has 0 radical (unpaired) electrons. The van der Waals surface area contributed by atoms with Crippen molar-refractivity contribution in [1.82, 2.24) is 4.98 Å². The number of nitrogens with zero attached hydrogens (tertiary/aromatic N) is 1. The number of nitrogen functional groups attached to an aromatic ring is 1. The molecule has 0 saturated carbocycles. The van der Waals surface area contributed by atoms with E-state index >= 15 is 0 Å². The Morgan fingerprint density at radius 3 is 2.50 bits per heavy atom. The Bertz CT molecular complexity index is 948. The van der Waals surface area contributed by atoms with Gasteiger partial charge in [0.15, 0.2) is 0 Å². The van der Waals surface area contributed by atoms with E-state index in [1.807, 2.05) is 45.0 Å². The van der Waals surface area contributed by atoms with Crippen LogP contribution in [0.25, 0.3) is 10.8 Å². The zero-order valence-electron chi connectivity index (χ0n) is 14.9. The molecule has 2 aromatic carbocycles. The van der Waals surface area contributed by atoms with Crippen molar-refractivity contribution in [1.29, 1.82) is 0 Å². The van der Waals surface area contributed by atoms with Crippen LogP contribution < -0.4 is 15.8 Å². The minimum absolute atomic E-state index is 0.384. The standard InChI is InChI=1S/C20H21N3O3/c1-20(2,3)26-19(24)23-16-8-9-17(15-7-5-4-6-14(15)16)25-13-10-11-22-18(21)12-13/h4-12H,1-3H3,(H2,21,22)(H,23,24). The Morgan fingerprint density at radius 1 is 1.08 bits per heavy atom. The largest absolute Gasteiger partial charge is 0.457 e. The Balaban J connectivity index is 1.93. The number of nitrogens with one attached hydrogen (secondary N) is 1. The second-order valence-corrected chi connectivity index (χ2v) is 6.80. The quantitative estimate of drug-likeness (QED) is 0.697. The molecule has 0 bridgehead atoms. The molecule has 1 aromatic heterocycles. The van der Waals surface area contributed by atoms with Crippen LogP contribution in [0.3, 0.4) is 0 Å². The fraction of sp³-hybridized carbons (Fsp3) is 0.200. The van der Waals surface area contributed by atoms with Crippen molar-refractivity contribution in [3.8, 4) is 11.5 Å². The van der Waals surface area contributed by atoms with Crippen LogP contribution in [-0.4, -0.2) is 16.7 Å². The molecule has 134 valence electrons. The number of nitrogens with two attached hydrogens (primary N) is 1.